The number of benzene rings is 1. The molecule has 0 unspecified atom stereocenters. The van der Waals surface area contributed by atoms with Gasteiger partial charge in [0.2, 0.25) is 0 Å². The molecular weight excluding hydrogens is 477 g/mol. The third-order valence-electron chi connectivity index (χ3n) is 4.86. The maximum atomic E-state index is 4.69. The Hall–Kier alpha value is -2.10. The topological polar surface area (TPSA) is 82.9 Å². The summed E-state index contributed by atoms with van der Waals surface area (Å²) < 4.78 is 2.00. The van der Waals surface area contributed by atoms with E-state index in [1.807, 2.05) is 4.57 Å². The molecule has 0 spiro atoms. The summed E-state index contributed by atoms with van der Waals surface area (Å²) in [4.78, 5) is 8.13. The largest absolute Gasteiger partial charge is 0.361 e. The Morgan fingerprint density at radius 2 is 1.93 bits per heavy atom. The van der Waals surface area contributed by atoms with Gasteiger partial charge in [0.1, 0.15) is 12.7 Å². The van der Waals surface area contributed by atoms with Crippen molar-refractivity contribution in [1.82, 2.24) is 30.4 Å². The number of unbranched alkanes of at least 4 members (excludes halogenated alkanes) is 1. The highest BCUT2D eigenvalue weighted by atomic mass is 127. The minimum absolute atomic E-state index is 0. The van der Waals surface area contributed by atoms with Gasteiger partial charge in [0, 0.05) is 43.3 Å². The van der Waals surface area contributed by atoms with Crippen molar-refractivity contribution in [2.75, 3.05) is 19.6 Å². The first-order valence-electron chi connectivity index (χ1n) is 10.2. The molecule has 2 heterocycles. The minimum atomic E-state index is 0. The standard InChI is InChI=1S/C21H31N7.HI/c1-3-17-8-7-9-19-18(14-25-20(17)19)10-12-24-21(22-4-2)23-11-5-6-13-28-15-26-27-16-28;/h7-9,14-16,25H,3-6,10-13H2,1-2H3,(H2,22,23,24);1H. The van der Waals surface area contributed by atoms with Crippen molar-refractivity contribution in [3.05, 3.63) is 48.2 Å². The van der Waals surface area contributed by atoms with Gasteiger partial charge in [-0.1, -0.05) is 25.1 Å². The molecule has 7 nitrogen and oxygen atoms in total. The summed E-state index contributed by atoms with van der Waals surface area (Å²) in [6, 6.07) is 6.55. The van der Waals surface area contributed by atoms with Crippen molar-refractivity contribution in [2.45, 2.75) is 46.1 Å². The summed E-state index contributed by atoms with van der Waals surface area (Å²) in [5.74, 6) is 0.890. The molecule has 0 radical (unpaired) electrons. The molecule has 2 aromatic heterocycles. The van der Waals surface area contributed by atoms with Crippen LogP contribution in [0.4, 0.5) is 0 Å². The van der Waals surface area contributed by atoms with Crippen molar-refractivity contribution in [3.8, 4) is 0 Å². The SMILES string of the molecule is CCNC(=NCCCCn1cnnc1)NCCc1c[nH]c2c(CC)cccc12.I. The number of guanidine groups is 1. The average molecular weight is 509 g/mol. The predicted molar refractivity (Wildman–Crippen MR) is 130 cm³/mol. The number of hydrogen-bond donors (Lipinski definition) is 3. The second kappa shape index (κ2) is 12.5. The van der Waals surface area contributed by atoms with Crippen LogP contribution in [-0.4, -0.2) is 45.3 Å². The lowest BCUT2D eigenvalue weighted by molar-refractivity contribution is 0.611. The second-order valence-electron chi connectivity index (χ2n) is 6.85. The molecule has 0 aliphatic heterocycles. The predicted octanol–water partition coefficient (Wildman–Crippen LogP) is 3.52. The molecule has 1 aromatic carbocycles. The summed E-state index contributed by atoms with van der Waals surface area (Å²) >= 11 is 0. The Bertz CT molecular complexity index is 870. The zero-order chi connectivity index (χ0) is 19.6. The number of rotatable bonds is 10. The lowest BCUT2D eigenvalue weighted by Crippen LogP contribution is -2.38. The first-order valence-corrected chi connectivity index (χ1v) is 10.2. The number of halogens is 1. The Labute approximate surface area is 189 Å². The normalized spacial score (nSPS) is 11.4. The summed E-state index contributed by atoms with van der Waals surface area (Å²) in [6.45, 7) is 7.75. The number of aromatic nitrogens is 4. The minimum Gasteiger partial charge on any atom is -0.361 e. The van der Waals surface area contributed by atoms with Gasteiger partial charge in [0.05, 0.1) is 0 Å². The van der Waals surface area contributed by atoms with E-state index in [0.717, 1.165) is 57.8 Å². The Morgan fingerprint density at radius 1 is 1.10 bits per heavy atom. The van der Waals surface area contributed by atoms with E-state index in [9.17, 15) is 0 Å². The van der Waals surface area contributed by atoms with Gasteiger partial charge >= 0.3 is 0 Å². The molecule has 29 heavy (non-hydrogen) atoms. The first kappa shape index (κ1) is 23.2. The number of hydrogen-bond acceptors (Lipinski definition) is 3. The third kappa shape index (κ3) is 6.73. The molecule has 158 valence electrons. The van der Waals surface area contributed by atoms with Crippen LogP contribution in [0.1, 0.15) is 37.8 Å². The van der Waals surface area contributed by atoms with E-state index in [-0.39, 0.29) is 24.0 Å². The maximum absolute atomic E-state index is 4.69. The van der Waals surface area contributed by atoms with Crippen LogP contribution in [0.2, 0.25) is 0 Å². The van der Waals surface area contributed by atoms with Gasteiger partial charge < -0.3 is 20.2 Å². The van der Waals surface area contributed by atoms with Crippen molar-refractivity contribution >= 4 is 40.8 Å². The zero-order valence-electron chi connectivity index (χ0n) is 17.3. The average Bonchev–Trinajstić information content (AvgIpc) is 3.37. The van der Waals surface area contributed by atoms with E-state index < -0.39 is 0 Å². The van der Waals surface area contributed by atoms with Crippen LogP contribution in [0, 0.1) is 0 Å². The fourth-order valence-electron chi connectivity index (χ4n) is 3.37. The van der Waals surface area contributed by atoms with E-state index in [4.69, 9.17) is 0 Å². The van der Waals surface area contributed by atoms with Crippen LogP contribution >= 0.6 is 24.0 Å². The van der Waals surface area contributed by atoms with Crippen LogP contribution < -0.4 is 10.6 Å². The lowest BCUT2D eigenvalue weighted by Gasteiger charge is -2.11. The summed E-state index contributed by atoms with van der Waals surface area (Å²) in [5.41, 5.74) is 3.99. The van der Waals surface area contributed by atoms with Gasteiger partial charge in [-0.25, -0.2) is 0 Å². The highest BCUT2D eigenvalue weighted by Gasteiger charge is 2.06. The monoisotopic (exact) mass is 509 g/mol. The number of aliphatic imine (C=N–C) groups is 1. The fourth-order valence-corrected chi connectivity index (χ4v) is 3.37. The number of fused-ring (bicyclic) bond motifs is 1. The van der Waals surface area contributed by atoms with E-state index >= 15 is 0 Å². The third-order valence-corrected chi connectivity index (χ3v) is 4.86. The molecule has 3 N–H and O–H groups in total. The van der Waals surface area contributed by atoms with Gasteiger partial charge in [0.15, 0.2) is 5.96 Å². The quantitative estimate of drug-likeness (QED) is 0.169. The molecular formula is C21H32IN7. The molecule has 3 rings (SSSR count). The summed E-state index contributed by atoms with van der Waals surface area (Å²) in [6.07, 6.45) is 9.76. The molecule has 0 aliphatic carbocycles. The number of nitrogens with one attached hydrogen (secondary N) is 3. The molecule has 0 aliphatic rings. The smallest absolute Gasteiger partial charge is 0.191 e. The Balaban J connectivity index is 0.00000300. The van der Waals surface area contributed by atoms with Crippen molar-refractivity contribution < 1.29 is 0 Å². The maximum Gasteiger partial charge on any atom is 0.191 e. The van der Waals surface area contributed by atoms with Crippen LogP contribution in [-0.2, 0) is 19.4 Å². The Morgan fingerprint density at radius 3 is 2.69 bits per heavy atom. The van der Waals surface area contributed by atoms with E-state index in [0.29, 0.717) is 0 Å². The highest BCUT2D eigenvalue weighted by molar-refractivity contribution is 14.0. The van der Waals surface area contributed by atoms with Gasteiger partial charge in [-0.15, -0.1) is 34.2 Å². The van der Waals surface area contributed by atoms with E-state index in [1.54, 1.807) is 12.7 Å². The van der Waals surface area contributed by atoms with Crippen LogP contribution in [0.3, 0.4) is 0 Å². The number of aromatic amines is 1. The second-order valence-corrected chi connectivity index (χ2v) is 6.85. The fraction of sp³-hybridized carbons (Fsp3) is 0.476. The van der Waals surface area contributed by atoms with Crippen molar-refractivity contribution in [3.63, 3.8) is 0 Å². The van der Waals surface area contributed by atoms with Gasteiger partial charge in [0.25, 0.3) is 0 Å². The number of nitrogens with zero attached hydrogens (tertiary/aromatic N) is 4. The molecule has 0 amide bonds. The lowest BCUT2D eigenvalue weighted by atomic mass is 10.1. The van der Waals surface area contributed by atoms with Crippen LogP contribution in [0.5, 0.6) is 0 Å². The van der Waals surface area contributed by atoms with Crippen molar-refractivity contribution in [1.29, 1.82) is 0 Å². The molecule has 3 aromatic rings. The van der Waals surface area contributed by atoms with Crippen LogP contribution in [0.25, 0.3) is 10.9 Å². The van der Waals surface area contributed by atoms with Gasteiger partial charge in [-0.05, 0) is 43.7 Å². The summed E-state index contributed by atoms with van der Waals surface area (Å²) in [7, 11) is 0. The molecule has 0 fully saturated rings. The number of aryl methyl sites for hydroxylation is 2. The Kier molecular flexibility index (Phi) is 9.96. The van der Waals surface area contributed by atoms with Gasteiger partial charge in [-0.3, -0.25) is 4.99 Å². The molecule has 0 saturated carbocycles. The van der Waals surface area contributed by atoms with E-state index in [2.05, 4.69) is 69.1 Å². The van der Waals surface area contributed by atoms with Crippen LogP contribution in [0.15, 0.2) is 42.0 Å². The molecule has 0 bridgehead atoms. The number of para-hydroxylation sites is 1. The summed E-state index contributed by atoms with van der Waals surface area (Å²) in [5, 5.41) is 15.8. The molecule has 8 heteroatoms. The zero-order valence-corrected chi connectivity index (χ0v) is 19.6. The van der Waals surface area contributed by atoms with E-state index in [1.165, 1.54) is 22.0 Å². The molecule has 0 saturated heterocycles. The molecule has 0 atom stereocenters. The first-order chi connectivity index (χ1) is 13.8. The number of H-pyrrole nitrogens is 1. The van der Waals surface area contributed by atoms with Crippen molar-refractivity contribution in [2.24, 2.45) is 4.99 Å². The highest BCUT2D eigenvalue weighted by Crippen LogP contribution is 2.22. The van der Waals surface area contributed by atoms with Gasteiger partial charge in [-0.2, -0.15) is 0 Å².